The van der Waals surface area contributed by atoms with Gasteiger partial charge in [-0.15, -0.1) is 0 Å². The number of hydrogen-bond acceptors (Lipinski definition) is 0. The van der Waals surface area contributed by atoms with Gasteiger partial charge in [0, 0.05) is 0 Å². The Morgan fingerprint density at radius 1 is 1.08 bits per heavy atom. The molecule has 0 aromatic carbocycles. The average molecular weight is 170 g/mol. The van der Waals surface area contributed by atoms with Crippen molar-refractivity contribution in [3.8, 4) is 0 Å². The molecule has 0 aliphatic carbocycles. The van der Waals surface area contributed by atoms with E-state index < -0.39 is 0 Å². The number of hydrogen-bond donors (Lipinski definition) is 0. The Bertz CT molecular complexity index is 147. The summed E-state index contributed by atoms with van der Waals surface area (Å²) in [7, 11) is 2.41. The van der Waals surface area contributed by atoms with Crippen LogP contribution >= 0.6 is 0 Å². The first-order valence-electron chi connectivity index (χ1n) is 5.20. The van der Waals surface area contributed by atoms with Crippen LogP contribution in [0, 0.1) is 5.92 Å². The molecule has 0 spiro atoms. The van der Waals surface area contributed by atoms with Crippen LogP contribution in [0.25, 0.3) is 0 Å². The van der Waals surface area contributed by atoms with Crippen molar-refractivity contribution in [2.45, 2.75) is 46.1 Å². The Labute approximate surface area is 77.4 Å². The zero-order valence-electron chi connectivity index (χ0n) is 9.35. The Hall–Kier alpha value is -0.0400. The van der Waals surface area contributed by atoms with Crippen molar-refractivity contribution in [3.63, 3.8) is 0 Å². The van der Waals surface area contributed by atoms with E-state index in [4.69, 9.17) is 0 Å². The molecule has 72 valence electrons. The Morgan fingerprint density at radius 3 is 1.83 bits per heavy atom. The first-order valence-corrected chi connectivity index (χ1v) is 5.20. The molecule has 0 bridgehead atoms. The molecule has 0 saturated carbocycles. The highest BCUT2D eigenvalue weighted by Gasteiger charge is 2.38. The van der Waals surface area contributed by atoms with Gasteiger partial charge >= 0.3 is 0 Å². The van der Waals surface area contributed by atoms with Gasteiger partial charge in [0.15, 0.2) is 0 Å². The summed E-state index contributed by atoms with van der Waals surface area (Å²) in [6.45, 7) is 12.2. The van der Waals surface area contributed by atoms with Crippen LogP contribution < -0.4 is 0 Å². The van der Waals surface area contributed by atoms with Crippen LogP contribution in [0.2, 0.25) is 0 Å². The molecule has 0 radical (unpaired) electrons. The summed E-state index contributed by atoms with van der Waals surface area (Å²) in [5, 5.41) is 0. The predicted molar refractivity (Wildman–Crippen MR) is 54.1 cm³/mol. The van der Waals surface area contributed by atoms with Crippen LogP contribution in [0.4, 0.5) is 0 Å². The quantitative estimate of drug-likeness (QED) is 0.490. The summed E-state index contributed by atoms with van der Waals surface area (Å²) >= 11 is 0. The lowest BCUT2D eigenvalue weighted by atomic mass is 9.91. The van der Waals surface area contributed by atoms with Gasteiger partial charge in [0.1, 0.15) is 0 Å². The van der Waals surface area contributed by atoms with Gasteiger partial charge < -0.3 is 4.48 Å². The van der Waals surface area contributed by atoms with Gasteiger partial charge in [0.2, 0.25) is 0 Å². The molecule has 1 saturated heterocycles. The van der Waals surface area contributed by atoms with E-state index in [0.717, 1.165) is 5.92 Å². The van der Waals surface area contributed by atoms with Crippen molar-refractivity contribution < 1.29 is 4.48 Å². The molecule has 1 rings (SSSR count). The van der Waals surface area contributed by atoms with Crippen LogP contribution in [0.3, 0.4) is 0 Å². The fraction of sp³-hybridized carbons (Fsp3) is 1.00. The van der Waals surface area contributed by atoms with E-state index in [1.165, 1.54) is 30.4 Å². The van der Waals surface area contributed by atoms with E-state index in [-0.39, 0.29) is 0 Å². The van der Waals surface area contributed by atoms with Gasteiger partial charge in [-0.1, -0.05) is 6.92 Å². The van der Waals surface area contributed by atoms with E-state index in [1.54, 1.807) is 0 Å². The SMILES string of the molecule is CC1CC[N+](C)(C(C)(C)C)CC1. The molecule has 1 heterocycles. The van der Waals surface area contributed by atoms with Crippen molar-refractivity contribution in [1.82, 2.24) is 0 Å². The van der Waals surface area contributed by atoms with Gasteiger partial charge in [0.05, 0.1) is 25.7 Å². The summed E-state index contributed by atoms with van der Waals surface area (Å²) in [6, 6.07) is 0. The molecule has 1 aliphatic rings. The standard InChI is InChI=1S/C11H24N/c1-10-6-8-12(5,9-7-10)11(2,3)4/h10H,6-9H2,1-5H3/q+1. The summed E-state index contributed by atoms with van der Waals surface area (Å²) in [5.74, 6) is 0.957. The Morgan fingerprint density at radius 2 is 1.50 bits per heavy atom. The summed E-state index contributed by atoms with van der Waals surface area (Å²) < 4.78 is 1.26. The van der Waals surface area contributed by atoms with E-state index in [9.17, 15) is 0 Å². The molecular weight excluding hydrogens is 146 g/mol. The minimum absolute atomic E-state index is 0.431. The van der Waals surface area contributed by atoms with Crippen LogP contribution in [0.1, 0.15) is 40.5 Å². The highest BCUT2D eigenvalue weighted by molar-refractivity contribution is 4.68. The molecule has 0 N–H and O–H groups in total. The second-order valence-electron chi connectivity index (χ2n) is 5.70. The number of quaternary nitrogens is 1. The molecule has 0 aromatic heterocycles. The lowest BCUT2D eigenvalue weighted by molar-refractivity contribution is -0.958. The molecule has 1 aliphatic heterocycles. The Balaban J connectivity index is 2.62. The topological polar surface area (TPSA) is 0 Å². The zero-order chi connectivity index (χ0) is 9.41. The number of piperidine rings is 1. The maximum atomic E-state index is 2.41. The second kappa shape index (κ2) is 3.02. The van der Waals surface area contributed by atoms with Crippen molar-refractivity contribution in [1.29, 1.82) is 0 Å². The number of nitrogens with zero attached hydrogens (tertiary/aromatic N) is 1. The smallest absolute Gasteiger partial charge is 0.0905 e. The molecule has 0 amide bonds. The van der Waals surface area contributed by atoms with Crippen molar-refractivity contribution in [3.05, 3.63) is 0 Å². The van der Waals surface area contributed by atoms with E-state index in [1.807, 2.05) is 0 Å². The van der Waals surface area contributed by atoms with Gasteiger partial charge in [-0.05, 0) is 39.5 Å². The molecule has 0 aromatic rings. The molecule has 1 fully saturated rings. The second-order valence-corrected chi connectivity index (χ2v) is 5.70. The largest absolute Gasteiger partial charge is 0.322 e. The average Bonchev–Trinajstić information content (AvgIpc) is 1.93. The lowest BCUT2D eigenvalue weighted by Crippen LogP contribution is -2.60. The third-order valence-electron chi connectivity index (χ3n) is 3.85. The third-order valence-corrected chi connectivity index (χ3v) is 3.85. The monoisotopic (exact) mass is 170 g/mol. The van der Waals surface area contributed by atoms with Gasteiger partial charge in [-0.25, -0.2) is 0 Å². The van der Waals surface area contributed by atoms with Gasteiger partial charge in [-0.3, -0.25) is 0 Å². The fourth-order valence-corrected chi connectivity index (χ4v) is 1.94. The van der Waals surface area contributed by atoms with Crippen LogP contribution in [-0.4, -0.2) is 30.2 Å². The summed E-state index contributed by atoms with van der Waals surface area (Å²) in [4.78, 5) is 0. The number of likely N-dealkylation sites (tertiary alicyclic amines) is 1. The van der Waals surface area contributed by atoms with E-state index >= 15 is 0 Å². The molecule has 12 heavy (non-hydrogen) atoms. The van der Waals surface area contributed by atoms with E-state index in [2.05, 4.69) is 34.7 Å². The first-order chi connectivity index (χ1) is 5.35. The zero-order valence-corrected chi connectivity index (χ0v) is 9.35. The van der Waals surface area contributed by atoms with Gasteiger partial charge in [-0.2, -0.15) is 0 Å². The fourth-order valence-electron chi connectivity index (χ4n) is 1.94. The van der Waals surface area contributed by atoms with Crippen molar-refractivity contribution >= 4 is 0 Å². The number of rotatable bonds is 0. The highest BCUT2D eigenvalue weighted by atomic mass is 15.4. The van der Waals surface area contributed by atoms with Crippen LogP contribution in [-0.2, 0) is 0 Å². The highest BCUT2D eigenvalue weighted by Crippen LogP contribution is 2.29. The van der Waals surface area contributed by atoms with Crippen molar-refractivity contribution in [2.24, 2.45) is 5.92 Å². The molecular formula is C11H24N+. The molecule has 1 nitrogen and oxygen atoms in total. The third kappa shape index (κ3) is 1.82. The molecule has 1 heteroatoms. The Kier molecular flexibility index (Phi) is 2.53. The molecule has 0 unspecified atom stereocenters. The van der Waals surface area contributed by atoms with E-state index in [0.29, 0.717) is 5.54 Å². The molecule has 0 atom stereocenters. The van der Waals surface area contributed by atoms with Crippen LogP contribution in [0.15, 0.2) is 0 Å². The summed E-state index contributed by atoms with van der Waals surface area (Å²) in [6.07, 6.45) is 2.82. The lowest BCUT2D eigenvalue weighted by Gasteiger charge is -2.49. The minimum Gasteiger partial charge on any atom is -0.322 e. The predicted octanol–water partition coefficient (Wildman–Crippen LogP) is 2.66. The maximum Gasteiger partial charge on any atom is 0.0905 e. The maximum absolute atomic E-state index is 2.41. The first kappa shape index (κ1) is 10.0. The van der Waals surface area contributed by atoms with Crippen LogP contribution in [0.5, 0.6) is 0 Å². The summed E-state index contributed by atoms with van der Waals surface area (Å²) in [5.41, 5.74) is 0.431. The van der Waals surface area contributed by atoms with Crippen molar-refractivity contribution in [2.75, 3.05) is 20.1 Å². The normalized spacial score (nSPS) is 38.2. The minimum atomic E-state index is 0.431. The van der Waals surface area contributed by atoms with Gasteiger partial charge in [0.25, 0.3) is 0 Å².